The van der Waals surface area contributed by atoms with Crippen LogP contribution < -0.4 is 5.73 Å². The second kappa shape index (κ2) is 4.30. The van der Waals surface area contributed by atoms with E-state index in [-0.39, 0.29) is 5.56 Å². The van der Waals surface area contributed by atoms with Gasteiger partial charge in [0.15, 0.2) is 0 Å². The van der Waals surface area contributed by atoms with Crippen LogP contribution in [0.1, 0.15) is 17.2 Å². The van der Waals surface area contributed by atoms with Crippen molar-refractivity contribution in [2.24, 2.45) is 5.73 Å². The summed E-state index contributed by atoms with van der Waals surface area (Å²) in [5, 5.41) is 8.51. The average Bonchev–Trinajstić information content (AvgIpc) is 2.26. The second-order valence-corrected chi connectivity index (χ2v) is 3.34. The number of nitrogens with zero attached hydrogens (tertiary/aromatic N) is 1. The van der Waals surface area contributed by atoms with Crippen LogP contribution in [-0.4, -0.2) is 12.1 Å². The first-order valence-electron chi connectivity index (χ1n) is 4.40. The summed E-state index contributed by atoms with van der Waals surface area (Å²) in [6.45, 7) is 0. The van der Waals surface area contributed by atoms with Crippen molar-refractivity contribution < 1.29 is 22.0 Å². The molecule has 0 aromatic heterocycles. The Morgan fingerprint density at radius 2 is 1.76 bits per heavy atom. The molecule has 92 valence electrons. The van der Waals surface area contributed by atoms with Gasteiger partial charge in [-0.1, -0.05) is 12.1 Å². The molecule has 1 aromatic carbocycles. The maximum absolute atomic E-state index is 12.9. The lowest BCUT2D eigenvalue weighted by molar-refractivity contribution is -0.291. The maximum Gasteiger partial charge on any atom is 0.455 e. The summed E-state index contributed by atoms with van der Waals surface area (Å²) in [6, 6.07) is 3.50. The molecule has 0 spiro atoms. The Morgan fingerprint density at radius 1 is 1.18 bits per heavy atom. The van der Waals surface area contributed by atoms with Crippen LogP contribution in [0.4, 0.5) is 22.0 Å². The molecule has 2 N–H and O–H groups in total. The molecule has 0 saturated carbocycles. The van der Waals surface area contributed by atoms with E-state index in [2.05, 4.69) is 0 Å². The van der Waals surface area contributed by atoms with Gasteiger partial charge in [-0.2, -0.15) is 27.2 Å². The van der Waals surface area contributed by atoms with E-state index in [0.29, 0.717) is 0 Å². The molecule has 0 saturated heterocycles. The van der Waals surface area contributed by atoms with Gasteiger partial charge in [-0.3, -0.25) is 0 Å². The topological polar surface area (TPSA) is 49.8 Å². The van der Waals surface area contributed by atoms with Gasteiger partial charge in [-0.25, -0.2) is 0 Å². The van der Waals surface area contributed by atoms with E-state index in [4.69, 9.17) is 11.0 Å². The number of hydrogen-bond acceptors (Lipinski definition) is 2. The molecule has 0 aliphatic carbocycles. The highest BCUT2D eigenvalue weighted by molar-refractivity contribution is 5.35. The summed E-state index contributed by atoms with van der Waals surface area (Å²) >= 11 is 0. The van der Waals surface area contributed by atoms with Crippen LogP contribution >= 0.6 is 0 Å². The predicted octanol–water partition coefficient (Wildman–Crippen LogP) is 2.76. The molecule has 0 aliphatic rings. The van der Waals surface area contributed by atoms with E-state index in [9.17, 15) is 22.0 Å². The summed E-state index contributed by atoms with van der Waals surface area (Å²) in [4.78, 5) is 0. The van der Waals surface area contributed by atoms with Gasteiger partial charge in [0.2, 0.25) is 0 Å². The van der Waals surface area contributed by atoms with Crippen LogP contribution in [-0.2, 0) is 0 Å². The molecule has 0 heterocycles. The van der Waals surface area contributed by atoms with E-state index in [1.54, 1.807) is 6.07 Å². The third-order valence-corrected chi connectivity index (χ3v) is 2.14. The Balaban J connectivity index is 3.13. The summed E-state index contributed by atoms with van der Waals surface area (Å²) in [5.41, 5.74) is 4.43. The molecular weight excluding hydrogens is 243 g/mol. The molecule has 1 atom stereocenters. The number of rotatable bonds is 2. The lowest BCUT2D eigenvalue weighted by Gasteiger charge is -2.25. The van der Waals surface area contributed by atoms with E-state index in [0.717, 1.165) is 12.1 Å². The van der Waals surface area contributed by atoms with Gasteiger partial charge in [-0.15, -0.1) is 0 Å². The van der Waals surface area contributed by atoms with Gasteiger partial charge in [0.25, 0.3) is 0 Å². The first-order valence-corrected chi connectivity index (χ1v) is 4.40. The highest BCUT2D eigenvalue weighted by Crippen LogP contribution is 2.43. The number of halogens is 5. The molecule has 0 aliphatic heterocycles. The number of alkyl halides is 5. The first kappa shape index (κ1) is 13.4. The van der Waals surface area contributed by atoms with Crippen molar-refractivity contribution in [2.45, 2.75) is 18.1 Å². The van der Waals surface area contributed by atoms with Crippen LogP contribution in [0.2, 0.25) is 0 Å². The van der Waals surface area contributed by atoms with Crippen molar-refractivity contribution in [1.82, 2.24) is 0 Å². The van der Waals surface area contributed by atoms with Crippen molar-refractivity contribution in [1.29, 1.82) is 5.26 Å². The molecule has 0 bridgehead atoms. The van der Waals surface area contributed by atoms with Crippen LogP contribution in [0.15, 0.2) is 24.3 Å². The fourth-order valence-electron chi connectivity index (χ4n) is 1.19. The van der Waals surface area contributed by atoms with E-state index < -0.39 is 23.7 Å². The maximum atomic E-state index is 12.9. The Hall–Kier alpha value is -1.68. The van der Waals surface area contributed by atoms with Crippen LogP contribution in [0.25, 0.3) is 0 Å². The molecule has 0 radical (unpaired) electrons. The smallest absolute Gasteiger partial charge is 0.319 e. The third kappa shape index (κ3) is 2.53. The minimum Gasteiger partial charge on any atom is -0.319 e. The van der Waals surface area contributed by atoms with Gasteiger partial charge in [0.05, 0.1) is 11.6 Å². The molecule has 1 aromatic rings. The van der Waals surface area contributed by atoms with Crippen molar-refractivity contribution in [2.75, 3.05) is 0 Å². The van der Waals surface area contributed by atoms with E-state index >= 15 is 0 Å². The fraction of sp³-hybridized carbons (Fsp3) is 0.300. The molecular formula is C10H7F5N2. The monoisotopic (exact) mass is 250 g/mol. The molecule has 0 amide bonds. The minimum absolute atomic E-state index is 0.0316. The highest BCUT2D eigenvalue weighted by Gasteiger charge is 2.61. The summed E-state index contributed by atoms with van der Waals surface area (Å²) in [5.74, 6) is -5.04. The van der Waals surface area contributed by atoms with Gasteiger partial charge < -0.3 is 5.73 Å². The van der Waals surface area contributed by atoms with Gasteiger partial charge in [0, 0.05) is 0 Å². The predicted molar refractivity (Wildman–Crippen MR) is 49.1 cm³/mol. The molecule has 1 rings (SSSR count). The van der Waals surface area contributed by atoms with E-state index in [1.807, 2.05) is 0 Å². The lowest BCUT2D eigenvalue weighted by atomic mass is 9.99. The number of hydrogen-bond donors (Lipinski definition) is 1. The zero-order valence-corrected chi connectivity index (χ0v) is 8.30. The Bertz CT molecular complexity index is 447. The summed E-state index contributed by atoms with van der Waals surface area (Å²) in [7, 11) is 0. The molecule has 7 heteroatoms. The van der Waals surface area contributed by atoms with Gasteiger partial charge in [0.1, 0.15) is 6.04 Å². The Kier molecular flexibility index (Phi) is 3.38. The van der Waals surface area contributed by atoms with Crippen molar-refractivity contribution >= 4 is 0 Å². The standard InChI is InChI=1S/C10H7F5N2/c11-9(12,10(13,14)15)8(17)7-3-1-2-6(4-7)5-16/h1-4,8H,17H2/t8-/m1/s1. The second-order valence-electron chi connectivity index (χ2n) is 3.34. The van der Waals surface area contributed by atoms with Crippen LogP contribution in [0, 0.1) is 11.3 Å². The molecule has 0 unspecified atom stereocenters. The Morgan fingerprint density at radius 3 is 2.24 bits per heavy atom. The summed E-state index contributed by atoms with van der Waals surface area (Å²) in [6.07, 6.45) is -5.73. The number of benzene rings is 1. The molecule has 2 nitrogen and oxygen atoms in total. The van der Waals surface area contributed by atoms with Crippen molar-refractivity contribution in [3.63, 3.8) is 0 Å². The SMILES string of the molecule is N#Cc1cccc([C@@H](N)C(F)(F)C(F)(F)F)c1. The largest absolute Gasteiger partial charge is 0.455 e. The quantitative estimate of drug-likeness (QED) is 0.820. The van der Waals surface area contributed by atoms with Crippen LogP contribution in [0.5, 0.6) is 0 Å². The average molecular weight is 250 g/mol. The third-order valence-electron chi connectivity index (χ3n) is 2.14. The summed E-state index contributed by atoms with van der Waals surface area (Å²) < 4.78 is 62.0. The zero-order valence-electron chi connectivity index (χ0n) is 8.30. The molecule has 17 heavy (non-hydrogen) atoms. The number of nitriles is 1. The number of nitrogens with two attached hydrogens (primary N) is 1. The highest BCUT2D eigenvalue weighted by atomic mass is 19.4. The normalized spacial score (nSPS) is 14.2. The Labute approximate surface area is 93.5 Å². The van der Waals surface area contributed by atoms with Crippen molar-refractivity contribution in [3.8, 4) is 6.07 Å². The lowest BCUT2D eigenvalue weighted by Crippen LogP contribution is -2.45. The van der Waals surface area contributed by atoms with Gasteiger partial charge in [-0.05, 0) is 17.7 Å². The minimum atomic E-state index is -5.73. The molecule has 0 fully saturated rings. The van der Waals surface area contributed by atoms with Crippen LogP contribution in [0.3, 0.4) is 0 Å². The zero-order chi connectivity index (χ0) is 13.3. The fourth-order valence-corrected chi connectivity index (χ4v) is 1.19. The van der Waals surface area contributed by atoms with Crippen molar-refractivity contribution in [3.05, 3.63) is 35.4 Å². The first-order chi connectivity index (χ1) is 7.70. The van der Waals surface area contributed by atoms with E-state index in [1.165, 1.54) is 12.1 Å². The van der Waals surface area contributed by atoms with Gasteiger partial charge >= 0.3 is 12.1 Å².